The number of rotatable bonds is 6. The third-order valence-corrected chi connectivity index (χ3v) is 9.87. The molecule has 1 nitrogen and oxygen atoms in total. The van der Waals surface area contributed by atoms with Crippen molar-refractivity contribution in [1.82, 2.24) is 4.57 Å². The summed E-state index contributed by atoms with van der Waals surface area (Å²) in [6.07, 6.45) is 2.13. The van der Waals surface area contributed by atoms with E-state index in [0.29, 0.717) is 5.92 Å². The van der Waals surface area contributed by atoms with Crippen molar-refractivity contribution in [3.05, 3.63) is 187 Å². The number of nitrogens with zero attached hydrogens (tertiary/aromatic N) is 1. The molecular weight excluding hydrogens is 555 g/mol. The molecule has 0 aliphatic heterocycles. The highest BCUT2D eigenvalue weighted by atomic mass is 15.0. The zero-order chi connectivity index (χ0) is 30.5. The molecule has 9 rings (SSSR count). The Labute approximate surface area is 270 Å². The number of fused-ring (bicyclic) bond motifs is 7. The van der Waals surface area contributed by atoms with Crippen LogP contribution in [0.3, 0.4) is 0 Å². The van der Waals surface area contributed by atoms with Crippen molar-refractivity contribution in [2.24, 2.45) is 0 Å². The van der Waals surface area contributed by atoms with Crippen molar-refractivity contribution in [2.75, 3.05) is 0 Å². The molecule has 1 aliphatic carbocycles. The first-order valence-corrected chi connectivity index (χ1v) is 16.3. The average molecular weight is 588 g/mol. The Balaban J connectivity index is 1.24. The first kappa shape index (κ1) is 26.7. The summed E-state index contributed by atoms with van der Waals surface area (Å²) in [6.45, 7) is 0. The third-order valence-electron chi connectivity index (χ3n) is 9.87. The summed E-state index contributed by atoms with van der Waals surface area (Å²) in [5.74, 6) is 0.343. The van der Waals surface area contributed by atoms with Crippen molar-refractivity contribution in [2.45, 2.75) is 18.8 Å². The summed E-state index contributed by atoms with van der Waals surface area (Å²) in [5.41, 5.74) is 15.7. The van der Waals surface area contributed by atoms with Gasteiger partial charge in [-0.25, -0.2) is 0 Å². The van der Waals surface area contributed by atoms with Gasteiger partial charge in [0.25, 0.3) is 0 Å². The molecule has 0 saturated carbocycles. The van der Waals surface area contributed by atoms with Crippen molar-refractivity contribution in [3.63, 3.8) is 0 Å². The molecule has 1 atom stereocenters. The highest BCUT2D eigenvalue weighted by Crippen LogP contribution is 2.52. The van der Waals surface area contributed by atoms with Gasteiger partial charge in [0.1, 0.15) is 0 Å². The minimum Gasteiger partial charge on any atom is -0.309 e. The van der Waals surface area contributed by atoms with Crippen LogP contribution in [0.5, 0.6) is 0 Å². The van der Waals surface area contributed by atoms with Crippen molar-refractivity contribution >= 4 is 21.8 Å². The van der Waals surface area contributed by atoms with Crippen LogP contribution >= 0.6 is 0 Å². The van der Waals surface area contributed by atoms with Crippen molar-refractivity contribution in [1.29, 1.82) is 0 Å². The van der Waals surface area contributed by atoms with Crippen LogP contribution in [0.15, 0.2) is 170 Å². The highest BCUT2D eigenvalue weighted by molar-refractivity contribution is 6.14. The Morgan fingerprint density at radius 3 is 1.89 bits per heavy atom. The fourth-order valence-electron chi connectivity index (χ4n) is 7.79. The van der Waals surface area contributed by atoms with Crippen molar-refractivity contribution < 1.29 is 0 Å². The fraction of sp³-hybridized carbons (Fsp3) is 0.0667. The quantitative estimate of drug-likeness (QED) is 0.182. The summed E-state index contributed by atoms with van der Waals surface area (Å²) in [4.78, 5) is 0. The van der Waals surface area contributed by atoms with E-state index in [2.05, 4.69) is 174 Å². The van der Waals surface area contributed by atoms with E-state index < -0.39 is 0 Å². The second-order valence-corrected chi connectivity index (χ2v) is 12.4. The summed E-state index contributed by atoms with van der Waals surface area (Å²) in [5, 5.41) is 2.71. The van der Waals surface area contributed by atoms with E-state index >= 15 is 0 Å². The molecule has 218 valence electrons. The molecule has 1 aliphatic rings. The van der Waals surface area contributed by atoms with Crippen LogP contribution in [-0.4, -0.2) is 4.57 Å². The van der Waals surface area contributed by atoms with Crippen LogP contribution in [0, 0.1) is 0 Å². The van der Waals surface area contributed by atoms with E-state index in [-0.39, 0.29) is 0 Å². The Morgan fingerprint density at radius 2 is 1.07 bits per heavy atom. The topological polar surface area (TPSA) is 4.93 Å². The van der Waals surface area contributed by atoms with E-state index in [0.717, 1.165) is 12.8 Å². The number of benzene rings is 7. The van der Waals surface area contributed by atoms with E-state index in [1.165, 1.54) is 77.6 Å². The lowest BCUT2D eigenvalue weighted by Crippen LogP contribution is -2.01. The van der Waals surface area contributed by atoms with Gasteiger partial charge in [0.2, 0.25) is 0 Å². The molecule has 0 saturated heterocycles. The van der Waals surface area contributed by atoms with E-state index in [4.69, 9.17) is 0 Å². The molecule has 0 radical (unpaired) electrons. The molecule has 0 fully saturated rings. The summed E-state index contributed by atoms with van der Waals surface area (Å²) in [7, 11) is 0. The lowest BCUT2D eigenvalue weighted by atomic mass is 9.88. The predicted molar refractivity (Wildman–Crippen MR) is 194 cm³/mol. The maximum absolute atomic E-state index is 2.50. The normalized spacial score (nSPS) is 13.6. The number of para-hydroxylation sites is 2. The van der Waals surface area contributed by atoms with Gasteiger partial charge in [-0.15, -0.1) is 0 Å². The molecular formula is C45H33N. The zero-order valence-corrected chi connectivity index (χ0v) is 25.6. The van der Waals surface area contributed by atoms with E-state index in [1.54, 1.807) is 0 Å². The molecule has 8 aromatic rings. The molecule has 46 heavy (non-hydrogen) atoms. The minimum absolute atomic E-state index is 0.343. The SMILES string of the molecule is c1ccc(CCC2c3ccccc3-c3ccc4c(c32)c2ccccc2n4-c2ccccc2-c2ccc(-c3ccccc3)cc2)cc1. The van der Waals surface area contributed by atoms with Crippen LogP contribution in [0.1, 0.15) is 29.0 Å². The summed E-state index contributed by atoms with van der Waals surface area (Å²) in [6, 6.07) is 62.2. The van der Waals surface area contributed by atoms with Gasteiger partial charge in [0.05, 0.1) is 16.7 Å². The Hall–Kier alpha value is -5.66. The lowest BCUT2D eigenvalue weighted by molar-refractivity contribution is 0.734. The number of hydrogen-bond acceptors (Lipinski definition) is 0. The Kier molecular flexibility index (Phi) is 6.42. The molecule has 1 aromatic heterocycles. The van der Waals surface area contributed by atoms with Gasteiger partial charge < -0.3 is 4.57 Å². The maximum Gasteiger partial charge on any atom is 0.0544 e. The molecule has 7 aromatic carbocycles. The van der Waals surface area contributed by atoms with Crippen LogP contribution in [0.2, 0.25) is 0 Å². The number of hydrogen-bond donors (Lipinski definition) is 0. The molecule has 0 bridgehead atoms. The maximum atomic E-state index is 2.50. The van der Waals surface area contributed by atoms with Crippen LogP contribution in [-0.2, 0) is 6.42 Å². The number of aromatic nitrogens is 1. The number of aryl methyl sites for hydroxylation is 1. The average Bonchev–Trinajstić information content (AvgIpc) is 3.64. The van der Waals surface area contributed by atoms with Gasteiger partial charge in [0.15, 0.2) is 0 Å². The highest BCUT2D eigenvalue weighted by Gasteiger charge is 2.32. The van der Waals surface area contributed by atoms with Gasteiger partial charge in [0, 0.05) is 22.3 Å². The van der Waals surface area contributed by atoms with Crippen LogP contribution < -0.4 is 0 Å². The van der Waals surface area contributed by atoms with Gasteiger partial charge in [-0.05, 0) is 75.5 Å². The standard InChI is InChI=1S/C45H33N/c1-3-13-31(14-4-1)23-28-38-36-18-7-8-19-37(36)39-29-30-43-45(44(38)39)40-20-10-12-22-42(40)46(43)41-21-11-9-17-35(41)34-26-24-33(25-27-34)32-15-5-2-6-16-32/h1-22,24-27,29-30,38H,23,28H2. The molecule has 1 heterocycles. The first-order chi connectivity index (χ1) is 22.8. The predicted octanol–water partition coefficient (Wildman–Crippen LogP) is 11.9. The van der Waals surface area contributed by atoms with Crippen LogP contribution in [0.25, 0.3) is 60.9 Å². The van der Waals surface area contributed by atoms with Crippen molar-refractivity contribution in [3.8, 4) is 39.1 Å². The van der Waals surface area contributed by atoms with Gasteiger partial charge in [-0.1, -0.05) is 152 Å². The Morgan fingerprint density at radius 1 is 0.435 bits per heavy atom. The van der Waals surface area contributed by atoms with Gasteiger partial charge >= 0.3 is 0 Å². The molecule has 1 unspecified atom stereocenters. The summed E-state index contributed by atoms with van der Waals surface area (Å²) < 4.78 is 2.50. The fourth-order valence-corrected chi connectivity index (χ4v) is 7.79. The van der Waals surface area contributed by atoms with Gasteiger partial charge in [-0.2, -0.15) is 0 Å². The minimum atomic E-state index is 0.343. The monoisotopic (exact) mass is 587 g/mol. The zero-order valence-electron chi connectivity index (χ0n) is 25.6. The largest absolute Gasteiger partial charge is 0.309 e. The second-order valence-electron chi connectivity index (χ2n) is 12.4. The third kappa shape index (κ3) is 4.31. The first-order valence-electron chi connectivity index (χ1n) is 16.3. The van der Waals surface area contributed by atoms with E-state index in [9.17, 15) is 0 Å². The molecule has 0 spiro atoms. The van der Waals surface area contributed by atoms with Crippen LogP contribution in [0.4, 0.5) is 0 Å². The molecule has 0 amide bonds. The smallest absolute Gasteiger partial charge is 0.0544 e. The molecule has 1 heteroatoms. The van der Waals surface area contributed by atoms with E-state index in [1.807, 2.05) is 0 Å². The van der Waals surface area contributed by atoms with Gasteiger partial charge in [-0.3, -0.25) is 0 Å². The second kappa shape index (κ2) is 11.1. The molecule has 0 N–H and O–H groups in total. The lowest BCUT2D eigenvalue weighted by Gasteiger charge is -2.16. The Bertz CT molecular complexity index is 2340. The summed E-state index contributed by atoms with van der Waals surface area (Å²) >= 11 is 0.